The van der Waals surface area contributed by atoms with E-state index >= 15 is 0 Å². The molecule has 0 radical (unpaired) electrons. The third kappa shape index (κ3) is 4.21. The van der Waals surface area contributed by atoms with Crippen molar-refractivity contribution in [1.29, 1.82) is 5.26 Å². The van der Waals surface area contributed by atoms with Gasteiger partial charge in [0.2, 0.25) is 0 Å². The Morgan fingerprint density at radius 2 is 2.00 bits per heavy atom. The maximum absolute atomic E-state index is 11.8. The average Bonchev–Trinajstić information content (AvgIpc) is 3.01. The summed E-state index contributed by atoms with van der Waals surface area (Å²) in [5, 5.41) is 23.8. The molecule has 24 heavy (non-hydrogen) atoms. The van der Waals surface area contributed by atoms with E-state index < -0.39 is 17.9 Å². The number of anilines is 1. The molecular formula is C17H18N4O3. The van der Waals surface area contributed by atoms with Crippen LogP contribution in [0, 0.1) is 11.3 Å². The molecule has 0 saturated carbocycles. The Labute approximate surface area is 139 Å². The van der Waals surface area contributed by atoms with Gasteiger partial charge in [0.1, 0.15) is 6.07 Å². The van der Waals surface area contributed by atoms with Gasteiger partial charge in [0.15, 0.2) is 0 Å². The van der Waals surface area contributed by atoms with E-state index in [9.17, 15) is 14.7 Å². The number of benzene rings is 1. The molecule has 0 aliphatic heterocycles. The summed E-state index contributed by atoms with van der Waals surface area (Å²) in [4.78, 5) is 23.6. The van der Waals surface area contributed by atoms with Gasteiger partial charge < -0.3 is 20.3 Å². The Morgan fingerprint density at radius 3 is 2.67 bits per heavy atom. The van der Waals surface area contributed by atoms with Gasteiger partial charge in [-0.15, -0.1) is 0 Å². The predicted octanol–water partition coefficient (Wildman–Crippen LogP) is 1.08. The van der Waals surface area contributed by atoms with Gasteiger partial charge in [0, 0.05) is 25.5 Å². The van der Waals surface area contributed by atoms with Crippen molar-refractivity contribution in [1.82, 2.24) is 9.88 Å². The summed E-state index contributed by atoms with van der Waals surface area (Å²) < 4.78 is 1.79. The van der Waals surface area contributed by atoms with Crippen molar-refractivity contribution >= 4 is 17.5 Å². The van der Waals surface area contributed by atoms with Crippen molar-refractivity contribution in [3.63, 3.8) is 0 Å². The molecule has 7 heteroatoms. The maximum Gasteiger partial charge on any atom is 0.313 e. The summed E-state index contributed by atoms with van der Waals surface area (Å²) in [6, 6.07) is 12.0. The van der Waals surface area contributed by atoms with Gasteiger partial charge in [0.05, 0.1) is 17.4 Å². The summed E-state index contributed by atoms with van der Waals surface area (Å²) >= 11 is 0. The van der Waals surface area contributed by atoms with E-state index in [0.717, 1.165) is 5.69 Å². The van der Waals surface area contributed by atoms with E-state index in [1.54, 1.807) is 34.9 Å². The first-order valence-corrected chi connectivity index (χ1v) is 7.40. The molecule has 0 saturated heterocycles. The number of aliphatic hydroxyl groups excluding tert-OH is 1. The molecule has 1 heterocycles. The molecular weight excluding hydrogens is 308 g/mol. The lowest BCUT2D eigenvalue weighted by atomic mass is 10.2. The minimum absolute atomic E-state index is 0.151. The molecule has 0 aliphatic carbocycles. The standard InChI is InChI=1S/C17H18N4O3/c1-21-10-4-7-14(21)15(22)8-9-19-16(23)17(24)20-13-6-3-2-5-12(13)11-18/h2-7,10,15,22H,8-9H2,1H3,(H,19,23)(H,20,24)/t15-/m0/s1. The molecule has 0 spiro atoms. The Balaban J connectivity index is 1.83. The number of rotatable bonds is 5. The maximum atomic E-state index is 11.8. The number of carbonyl (C=O) groups excluding carboxylic acids is 2. The second kappa shape index (κ2) is 7.94. The SMILES string of the molecule is Cn1cccc1[C@@H](O)CCNC(=O)C(=O)Nc1ccccc1C#N. The van der Waals surface area contributed by atoms with E-state index in [0.29, 0.717) is 0 Å². The van der Waals surface area contributed by atoms with Crippen LogP contribution in [-0.4, -0.2) is 28.0 Å². The van der Waals surface area contributed by atoms with Gasteiger partial charge in [-0.3, -0.25) is 9.59 Å². The molecule has 0 fully saturated rings. The molecule has 1 aromatic carbocycles. The molecule has 0 unspecified atom stereocenters. The largest absolute Gasteiger partial charge is 0.387 e. The molecule has 2 aromatic rings. The van der Waals surface area contributed by atoms with E-state index in [-0.39, 0.29) is 24.2 Å². The number of aliphatic hydroxyl groups is 1. The molecule has 2 rings (SSSR count). The monoisotopic (exact) mass is 326 g/mol. The summed E-state index contributed by atoms with van der Waals surface area (Å²) in [6.45, 7) is 0.151. The van der Waals surface area contributed by atoms with Crippen LogP contribution in [0.25, 0.3) is 0 Å². The average molecular weight is 326 g/mol. The van der Waals surface area contributed by atoms with Crippen molar-refractivity contribution in [2.24, 2.45) is 7.05 Å². The van der Waals surface area contributed by atoms with E-state index in [1.165, 1.54) is 0 Å². The first kappa shape index (κ1) is 17.2. The highest BCUT2D eigenvalue weighted by Crippen LogP contribution is 2.15. The van der Waals surface area contributed by atoms with E-state index in [2.05, 4.69) is 10.6 Å². The lowest BCUT2D eigenvalue weighted by Crippen LogP contribution is -2.36. The van der Waals surface area contributed by atoms with Crippen LogP contribution >= 0.6 is 0 Å². The van der Waals surface area contributed by atoms with Crippen LogP contribution in [0.2, 0.25) is 0 Å². The predicted molar refractivity (Wildman–Crippen MR) is 87.8 cm³/mol. The second-order valence-corrected chi connectivity index (χ2v) is 5.22. The smallest absolute Gasteiger partial charge is 0.313 e. The summed E-state index contributed by atoms with van der Waals surface area (Å²) in [7, 11) is 1.82. The van der Waals surface area contributed by atoms with Crippen LogP contribution in [-0.2, 0) is 16.6 Å². The van der Waals surface area contributed by atoms with Crippen molar-refractivity contribution in [3.05, 3.63) is 53.9 Å². The molecule has 7 nitrogen and oxygen atoms in total. The molecule has 0 bridgehead atoms. The molecule has 1 aromatic heterocycles. The number of para-hydroxylation sites is 1. The van der Waals surface area contributed by atoms with Crippen LogP contribution in [0.1, 0.15) is 23.8 Å². The Hall–Kier alpha value is -3.11. The third-order valence-electron chi connectivity index (χ3n) is 3.53. The zero-order valence-corrected chi connectivity index (χ0v) is 13.2. The number of aryl methyl sites for hydroxylation is 1. The van der Waals surface area contributed by atoms with Gasteiger partial charge in [-0.25, -0.2) is 0 Å². The highest BCUT2D eigenvalue weighted by Gasteiger charge is 2.16. The van der Waals surface area contributed by atoms with Crippen molar-refractivity contribution in [2.45, 2.75) is 12.5 Å². The number of hydrogen-bond acceptors (Lipinski definition) is 4. The van der Waals surface area contributed by atoms with Crippen LogP contribution in [0.5, 0.6) is 0 Å². The number of aromatic nitrogens is 1. The highest BCUT2D eigenvalue weighted by atomic mass is 16.3. The number of nitrogens with one attached hydrogen (secondary N) is 2. The number of nitriles is 1. The van der Waals surface area contributed by atoms with Gasteiger partial charge in [0.25, 0.3) is 0 Å². The van der Waals surface area contributed by atoms with Crippen molar-refractivity contribution in [2.75, 3.05) is 11.9 Å². The summed E-state index contributed by atoms with van der Waals surface area (Å²) in [6.07, 6.45) is 1.37. The topological polar surface area (TPSA) is 107 Å². The quantitative estimate of drug-likeness (QED) is 0.714. The zero-order chi connectivity index (χ0) is 17.5. The summed E-state index contributed by atoms with van der Waals surface area (Å²) in [5.74, 6) is -1.67. The van der Waals surface area contributed by atoms with Gasteiger partial charge in [-0.1, -0.05) is 12.1 Å². The molecule has 2 amide bonds. The fourth-order valence-corrected chi connectivity index (χ4v) is 2.24. The van der Waals surface area contributed by atoms with Crippen molar-refractivity contribution in [3.8, 4) is 6.07 Å². The fourth-order valence-electron chi connectivity index (χ4n) is 2.24. The fraction of sp³-hybridized carbons (Fsp3) is 0.235. The van der Waals surface area contributed by atoms with Crippen LogP contribution < -0.4 is 10.6 Å². The first-order chi connectivity index (χ1) is 11.5. The molecule has 1 atom stereocenters. The van der Waals surface area contributed by atoms with E-state index in [1.807, 2.05) is 25.4 Å². The molecule has 3 N–H and O–H groups in total. The normalized spacial score (nSPS) is 11.4. The highest BCUT2D eigenvalue weighted by molar-refractivity contribution is 6.39. The number of hydrogen-bond donors (Lipinski definition) is 3. The minimum atomic E-state index is -0.856. The Bertz CT molecular complexity index is 776. The van der Waals surface area contributed by atoms with Crippen molar-refractivity contribution < 1.29 is 14.7 Å². The third-order valence-corrected chi connectivity index (χ3v) is 3.53. The van der Waals surface area contributed by atoms with Gasteiger partial charge in [-0.2, -0.15) is 5.26 Å². The van der Waals surface area contributed by atoms with Gasteiger partial charge >= 0.3 is 11.8 Å². The lowest BCUT2D eigenvalue weighted by molar-refractivity contribution is -0.136. The van der Waals surface area contributed by atoms with Crippen LogP contribution in [0.4, 0.5) is 5.69 Å². The second-order valence-electron chi connectivity index (χ2n) is 5.22. The van der Waals surface area contributed by atoms with Crippen LogP contribution in [0.3, 0.4) is 0 Å². The summed E-state index contributed by atoms with van der Waals surface area (Å²) in [5.41, 5.74) is 1.29. The lowest BCUT2D eigenvalue weighted by Gasteiger charge is -2.12. The first-order valence-electron chi connectivity index (χ1n) is 7.40. The zero-order valence-electron chi connectivity index (χ0n) is 13.2. The molecule has 124 valence electrons. The number of amides is 2. The van der Waals surface area contributed by atoms with Gasteiger partial charge in [-0.05, 0) is 30.7 Å². The number of carbonyl (C=O) groups is 2. The minimum Gasteiger partial charge on any atom is -0.387 e. The molecule has 0 aliphatic rings. The number of nitrogens with zero attached hydrogens (tertiary/aromatic N) is 2. The van der Waals surface area contributed by atoms with E-state index in [4.69, 9.17) is 5.26 Å². The Kier molecular flexibility index (Phi) is 5.71. The van der Waals surface area contributed by atoms with Crippen LogP contribution in [0.15, 0.2) is 42.6 Å². The Morgan fingerprint density at radius 1 is 1.25 bits per heavy atom.